The number of fused-ring (bicyclic) bond motifs is 1. The SMILES string of the molecule is O=C(Cc1c(Cl)cccc1Cl)c1nccc2ccccc12. The smallest absolute Gasteiger partial charge is 0.186 e. The summed E-state index contributed by atoms with van der Waals surface area (Å²) in [4.78, 5) is 16.8. The standard InChI is InChI=1S/C17H11Cl2NO/c18-14-6-3-7-15(19)13(14)10-16(21)17-12-5-2-1-4-11(12)8-9-20-17/h1-9H,10H2. The van der Waals surface area contributed by atoms with Crippen molar-refractivity contribution >= 4 is 39.8 Å². The summed E-state index contributed by atoms with van der Waals surface area (Å²) >= 11 is 12.2. The molecule has 2 nitrogen and oxygen atoms in total. The number of hydrogen-bond donors (Lipinski definition) is 0. The minimum atomic E-state index is -0.0956. The first-order chi connectivity index (χ1) is 10.2. The van der Waals surface area contributed by atoms with Gasteiger partial charge in [0.05, 0.1) is 0 Å². The third-order valence-electron chi connectivity index (χ3n) is 3.34. The first kappa shape index (κ1) is 14.1. The quantitative estimate of drug-likeness (QED) is 0.639. The van der Waals surface area contributed by atoms with Gasteiger partial charge in [0.2, 0.25) is 0 Å². The number of benzene rings is 2. The van der Waals surface area contributed by atoms with E-state index >= 15 is 0 Å². The molecular formula is C17H11Cl2NO. The maximum Gasteiger partial charge on any atom is 0.186 e. The van der Waals surface area contributed by atoms with Crippen LogP contribution in [-0.4, -0.2) is 10.8 Å². The van der Waals surface area contributed by atoms with E-state index in [4.69, 9.17) is 23.2 Å². The molecule has 21 heavy (non-hydrogen) atoms. The van der Waals surface area contributed by atoms with Crippen LogP contribution in [0.15, 0.2) is 54.7 Å². The minimum absolute atomic E-state index is 0.0956. The molecule has 4 heteroatoms. The highest BCUT2D eigenvalue weighted by molar-refractivity contribution is 6.36. The van der Waals surface area contributed by atoms with Crippen LogP contribution in [0.3, 0.4) is 0 Å². The van der Waals surface area contributed by atoms with Gasteiger partial charge < -0.3 is 0 Å². The highest BCUT2D eigenvalue weighted by atomic mass is 35.5. The molecule has 0 aliphatic rings. The van der Waals surface area contributed by atoms with E-state index < -0.39 is 0 Å². The molecule has 0 fully saturated rings. The summed E-state index contributed by atoms with van der Waals surface area (Å²) in [7, 11) is 0. The number of aromatic nitrogens is 1. The number of hydrogen-bond acceptors (Lipinski definition) is 2. The fourth-order valence-corrected chi connectivity index (χ4v) is 2.82. The molecule has 0 saturated heterocycles. The van der Waals surface area contributed by atoms with Crippen LogP contribution in [0.1, 0.15) is 16.1 Å². The van der Waals surface area contributed by atoms with Crippen molar-refractivity contribution in [1.29, 1.82) is 0 Å². The lowest BCUT2D eigenvalue weighted by atomic mass is 10.0. The topological polar surface area (TPSA) is 30.0 Å². The van der Waals surface area contributed by atoms with Crippen molar-refractivity contribution in [3.63, 3.8) is 0 Å². The Bertz CT molecular complexity index is 804. The summed E-state index contributed by atoms with van der Waals surface area (Å²) in [6, 6.07) is 14.8. The fraction of sp³-hybridized carbons (Fsp3) is 0.0588. The average Bonchev–Trinajstić information content (AvgIpc) is 2.50. The summed E-state index contributed by atoms with van der Waals surface area (Å²) in [6.45, 7) is 0. The maximum atomic E-state index is 12.6. The number of halogens is 2. The number of carbonyl (C=O) groups excluding carboxylic acids is 1. The molecule has 3 rings (SSSR count). The Balaban J connectivity index is 2.02. The second kappa shape index (κ2) is 5.84. The van der Waals surface area contributed by atoms with Crippen LogP contribution < -0.4 is 0 Å². The van der Waals surface area contributed by atoms with Gasteiger partial charge in [0, 0.05) is 28.0 Å². The molecular weight excluding hydrogens is 305 g/mol. The summed E-state index contributed by atoms with van der Waals surface area (Å²) in [6.07, 6.45) is 1.78. The van der Waals surface area contributed by atoms with E-state index in [2.05, 4.69) is 4.98 Å². The van der Waals surface area contributed by atoms with Gasteiger partial charge in [0.25, 0.3) is 0 Å². The van der Waals surface area contributed by atoms with Crippen molar-refractivity contribution in [2.45, 2.75) is 6.42 Å². The second-order valence-corrected chi connectivity index (χ2v) is 5.50. The Kier molecular flexibility index (Phi) is 3.91. The molecule has 0 bridgehead atoms. The van der Waals surface area contributed by atoms with E-state index in [0.29, 0.717) is 21.3 Å². The lowest BCUT2D eigenvalue weighted by Crippen LogP contribution is -2.07. The first-order valence-electron chi connectivity index (χ1n) is 6.46. The largest absolute Gasteiger partial charge is 0.292 e. The number of pyridine rings is 1. The lowest BCUT2D eigenvalue weighted by Gasteiger charge is -2.07. The normalized spacial score (nSPS) is 10.8. The molecule has 0 aliphatic heterocycles. The van der Waals surface area contributed by atoms with Crippen LogP contribution in [0.4, 0.5) is 0 Å². The summed E-state index contributed by atoms with van der Waals surface area (Å²) in [5.41, 5.74) is 1.09. The Hall–Kier alpha value is -1.90. The molecule has 104 valence electrons. The number of carbonyl (C=O) groups is 1. The van der Waals surface area contributed by atoms with Crippen LogP contribution in [0.5, 0.6) is 0 Å². The summed E-state index contributed by atoms with van der Waals surface area (Å²) in [5, 5.41) is 2.82. The Morgan fingerprint density at radius 2 is 1.67 bits per heavy atom. The van der Waals surface area contributed by atoms with Crippen molar-refractivity contribution in [2.75, 3.05) is 0 Å². The third kappa shape index (κ3) is 2.78. The fourth-order valence-electron chi connectivity index (χ4n) is 2.29. The summed E-state index contributed by atoms with van der Waals surface area (Å²) in [5.74, 6) is -0.0956. The van der Waals surface area contributed by atoms with Crippen molar-refractivity contribution in [1.82, 2.24) is 4.98 Å². The molecule has 1 heterocycles. The predicted octanol–water partition coefficient (Wildman–Crippen LogP) is 4.97. The monoisotopic (exact) mass is 315 g/mol. The molecule has 0 saturated carbocycles. The van der Waals surface area contributed by atoms with Crippen LogP contribution in [-0.2, 0) is 6.42 Å². The molecule has 0 aliphatic carbocycles. The van der Waals surface area contributed by atoms with Crippen molar-refractivity contribution in [3.05, 3.63) is 76.0 Å². The Morgan fingerprint density at radius 1 is 0.952 bits per heavy atom. The number of ketones is 1. The van der Waals surface area contributed by atoms with Gasteiger partial charge in [-0.1, -0.05) is 53.5 Å². The van der Waals surface area contributed by atoms with Gasteiger partial charge in [-0.15, -0.1) is 0 Å². The zero-order chi connectivity index (χ0) is 14.8. The highest BCUT2D eigenvalue weighted by Crippen LogP contribution is 2.26. The third-order valence-corrected chi connectivity index (χ3v) is 4.05. The number of rotatable bonds is 3. The van der Waals surface area contributed by atoms with Gasteiger partial charge in [-0.2, -0.15) is 0 Å². The molecule has 0 amide bonds. The van der Waals surface area contributed by atoms with Gasteiger partial charge in [0.15, 0.2) is 5.78 Å². The second-order valence-electron chi connectivity index (χ2n) is 4.68. The first-order valence-corrected chi connectivity index (χ1v) is 7.22. The zero-order valence-electron chi connectivity index (χ0n) is 11.0. The van der Waals surface area contributed by atoms with E-state index in [1.54, 1.807) is 24.4 Å². The predicted molar refractivity (Wildman–Crippen MR) is 86.2 cm³/mol. The van der Waals surface area contributed by atoms with Crippen molar-refractivity contribution < 1.29 is 4.79 Å². The zero-order valence-corrected chi connectivity index (χ0v) is 12.5. The minimum Gasteiger partial charge on any atom is -0.292 e. The van der Waals surface area contributed by atoms with Crippen LogP contribution in [0, 0.1) is 0 Å². The summed E-state index contributed by atoms with van der Waals surface area (Å²) < 4.78 is 0. The van der Waals surface area contributed by atoms with E-state index in [-0.39, 0.29) is 12.2 Å². The van der Waals surface area contributed by atoms with Crippen molar-refractivity contribution in [3.8, 4) is 0 Å². The molecule has 0 atom stereocenters. The van der Waals surface area contributed by atoms with E-state index in [1.165, 1.54) is 0 Å². The molecule has 1 aromatic heterocycles. The Morgan fingerprint density at radius 3 is 2.43 bits per heavy atom. The maximum absolute atomic E-state index is 12.6. The van der Waals surface area contributed by atoms with E-state index in [9.17, 15) is 4.79 Å². The van der Waals surface area contributed by atoms with Gasteiger partial charge in [-0.05, 0) is 29.1 Å². The molecule has 0 N–H and O–H groups in total. The van der Waals surface area contributed by atoms with Crippen LogP contribution >= 0.6 is 23.2 Å². The van der Waals surface area contributed by atoms with E-state index in [0.717, 1.165) is 10.8 Å². The number of Topliss-reactive ketones (excluding diaryl/α,β-unsaturated/α-hetero) is 1. The van der Waals surface area contributed by atoms with Crippen LogP contribution in [0.2, 0.25) is 10.0 Å². The van der Waals surface area contributed by atoms with Gasteiger partial charge in [-0.25, -0.2) is 0 Å². The van der Waals surface area contributed by atoms with Crippen LogP contribution in [0.25, 0.3) is 10.8 Å². The highest BCUT2D eigenvalue weighted by Gasteiger charge is 2.15. The average molecular weight is 316 g/mol. The van der Waals surface area contributed by atoms with Gasteiger partial charge >= 0.3 is 0 Å². The molecule has 2 aromatic carbocycles. The number of nitrogens with zero attached hydrogens (tertiary/aromatic N) is 1. The van der Waals surface area contributed by atoms with Gasteiger partial charge in [0.1, 0.15) is 5.69 Å². The molecule has 0 unspecified atom stereocenters. The Labute approximate surface area is 132 Å². The van der Waals surface area contributed by atoms with E-state index in [1.807, 2.05) is 30.3 Å². The van der Waals surface area contributed by atoms with Crippen molar-refractivity contribution in [2.24, 2.45) is 0 Å². The molecule has 0 radical (unpaired) electrons. The molecule has 3 aromatic rings. The lowest BCUT2D eigenvalue weighted by molar-refractivity contribution is 0.0990. The van der Waals surface area contributed by atoms with Gasteiger partial charge in [-0.3, -0.25) is 9.78 Å². The molecule has 0 spiro atoms.